The van der Waals surface area contributed by atoms with E-state index in [-0.39, 0.29) is 5.82 Å². The first-order valence-electron chi connectivity index (χ1n) is 6.57. The Bertz CT molecular complexity index is 643. The van der Waals surface area contributed by atoms with Crippen LogP contribution in [0.4, 0.5) is 15.8 Å². The molecule has 21 heavy (non-hydrogen) atoms. The van der Waals surface area contributed by atoms with Crippen LogP contribution in [0.1, 0.15) is 12.5 Å². The summed E-state index contributed by atoms with van der Waals surface area (Å²) in [5.74, 6) is 0.445. The standard InChI is InChI=1S/C16H17FN2OS/c1-3-19(12-6-4-11(17)5-7-12)15-10-13(20-2)8-9-14(15)16(18)21/h4-10H,3H2,1-2H3,(H2,18,21). The van der Waals surface area contributed by atoms with Gasteiger partial charge in [-0.25, -0.2) is 4.39 Å². The topological polar surface area (TPSA) is 38.5 Å². The van der Waals surface area contributed by atoms with Gasteiger partial charge in [-0.1, -0.05) is 12.2 Å². The van der Waals surface area contributed by atoms with Crippen LogP contribution in [0.5, 0.6) is 5.75 Å². The molecule has 0 aliphatic rings. The maximum atomic E-state index is 13.1. The molecule has 0 saturated heterocycles. The van der Waals surface area contributed by atoms with Gasteiger partial charge in [-0.15, -0.1) is 0 Å². The van der Waals surface area contributed by atoms with E-state index in [0.717, 1.165) is 16.9 Å². The number of hydrogen-bond donors (Lipinski definition) is 1. The molecule has 0 amide bonds. The highest BCUT2D eigenvalue weighted by Crippen LogP contribution is 2.31. The van der Waals surface area contributed by atoms with Crippen LogP contribution in [0, 0.1) is 5.82 Å². The minimum atomic E-state index is -0.269. The first-order valence-corrected chi connectivity index (χ1v) is 6.98. The van der Waals surface area contributed by atoms with Gasteiger partial charge < -0.3 is 15.4 Å². The molecule has 0 radical (unpaired) electrons. The molecule has 0 unspecified atom stereocenters. The van der Waals surface area contributed by atoms with Crippen LogP contribution in [0.2, 0.25) is 0 Å². The number of ether oxygens (including phenoxy) is 1. The quantitative estimate of drug-likeness (QED) is 0.856. The second kappa shape index (κ2) is 6.54. The number of nitrogens with two attached hydrogens (primary N) is 1. The fourth-order valence-electron chi connectivity index (χ4n) is 2.18. The molecular weight excluding hydrogens is 287 g/mol. The van der Waals surface area contributed by atoms with Gasteiger partial charge in [-0.05, 0) is 43.3 Å². The van der Waals surface area contributed by atoms with E-state index in [4.69, 9.17) is 22.7 Å². The zero-order valence-electron chi connectivity index (χ0n) is 12.0. The maximum Gasteiger partial charge on any atom is 0.123 e. The Morgan fingerprint density at radius 2 is 1.90 bits per heavy atom. The molecule has 0 aliphatic heterocycles. The van der Waals surface area contributed by atoms with Gasteiger partial charge in [0.2, 0.25) is 0 Å². The number of methoxy groups -OCH3 is 1. The largest absolute Gasteiger partial charge is 0.497 e. The fourth-order valence-corrected chi connectivity index (χ4v) is 2.36. The number of rotatable bonds is 5. The highest BCUT2D eigenvalue weighted by Gasteiger charge is 2.15. The normalized spacial score (nSPS) is 10.2. The zero-order valence-corrected chi connectivity index (χ0v) is 12.8. The van der Waals surface area contributed by atoms with Gasteiger partial charge in [0.1, 0.15) is 16.6 Å². The lowest BCUT2D eigenvalue weighted by Gasteiger charge is -2.26. The summed E-state index contributed by atoms with van der Waals surface area (Å²) in [6.07, 6.45) is 0. The molecule has 3 nitrogen and oxygen atoms in total. The summed E-state index contributed by atoms with van der Waals surface area (Å²) in [5, 5.41) is 0. The highest BCUT2D eigenvalue weighted by molar-refractivity contribution is 7.80. The fraction of sp³-hybridized carbons (Fsp3) is 0.188. The Kier molecular flexibility index (Phi) is 4.75. The maximum absolute atomic E-state index is 13.1. The van der Waals surface area contributed by atoms with Crippen molar-refractivity contribution in [1.82, 2.24) is 0 Å². The zero-order chi connectivity index (χ0) is 15.4. The van der Waals surface area contributed by atoms with E-state index in [1.807, 2.05) is 30.0 Å². The second-order valence-corrected chi connectivity index (χ2v) is 4.91. The summed E-state index contributed by atoms with van der Waals surface area (Å²) < 4.78 is 18.4. The predicted octanol–water partition coefficient (Wildman–Crippen LogP) is 3.63. The Morgan fingerprint density at radius 1 is 1.24 bits per heavy atom. The third-order valence-electron chi connectivity index (χ3n) is 3.22. The number of hydrogen-bond acceptors (Lipinski definition) is 3. The Morgan fingerprint density at radius 3 is 2.43 bits per heavy atom. The molecule has 0 aromatic heterocycles. The molecule has 0 saturated carbocycles. The van der Waals surface area contributed by atoms with Crippen molar-refractivity contribution in [2.24, 2.45) is 5.73 Å². The first kappa shape index (κ1) is 15.3. The van der Waals surface area contributed by atoms with Crippen molar-refractivity contribution in [2.75, 3.05) is 18.6 Å². The molecule has 0 spiro atoms. The van der Waals surface area contributed by atoms with Gasteiger partial charge in [-0.2, -0.15) is 0 Å². The highest BCUT2D eigenvalue weighted by atomic mass is 32.1. The van der Waals surface area contributed by atoms with Gasteiger partial charge in [0, 0.05) is 23.9 Å². The molecule has 0 bridgehead atoms. The third-order valence-corrected chi connectivity index (χ3v) is 3.44. The molecule has 0 aliphatic carbocycles. The van der Waals surface area contributed by atoms with E-state index >= 15 is 0 Å². The number of halogens is 1. The predicted molar refractivity (Wildman–Crippen MR) is 88.0 cm³/mol. The summed E-state index contributed by atoms with van der Waals surface area (Å²) in [7, 11) is 1.60. The Labute approximate surface area is 129 Å². The van der Waals surface area contributed by atoms with Crippen LogP contribution in [-0.2, 0) is 0 Å². The monoisotopic (exact) mass is 304 g/mol. The molecule has 2 aromatic carbocycles. The molecule has 2 N–H and O–H groups in total. The molecule has 0 fully saturated rings. The van der Waals surface area contributed by atoms with Gasteiger partial charge >= 0.3 is 0 Å². The average Bonchev–Trinajstić information content (AvgIpc) is 2.49. The smallest absolute Gasteiger partial charge is 0.123 e. The number of benzene rings is 2. The summed E-state index contributed by atoms with van der Waals surface area (Å²) >= 11 is 5.12. The summed E-state index contributed by atoms with van der Waals surface area (Å²) in [6, 6.07) is 11.8. The van der Waals surface area contributed by atoms with Crippen molar-refractivity contribution in [2.45, 2.75) is 6.92 Å². The van der Waals surface area contributed by atoms with Crippen LogP contribution in [0.3, 0.4) is 0 Å². The summed E-state index contributed by atoms with van der Waals surface area (Å²) in [4.78, 5) is 2.32. The lowest BCUT2D eigenvalue weighted by atomic mass is 10.1. The molecule has 110 valence electrons. The lowest BCUT2D eigenvalue weighted by Crippen LogP contribution is -2.21. The van der Waals surface area contributed by atoms with E-state index in [1.54, 1.807) is 19.2 Å². The molecule has 2 rings (SSSR count). The van der Waals surface area contributed by atoms with E-state index in [1.165, 1.54) is 12.1 Å². The number of thiocarbonyl (C=S) groups is 1. The van der Waals surface area contributed by atoms with Crippen molar-refractivity contribution in [1.29, 1.82) is 0 Å². The van der Waals surface area contributed by atoms with E-state index in [0.29, 0.717) is 17.3 Å². The molecule has 2 aromatic rings. The van der Waals surface area contributed by atoms with Crippen molar-refractivity contribution < 1.29 is 9.13 Å². The van der Waals surface area contributed by atoms with Crippen LogP contribution >= 0.6 is 12.2 Å². The van der Waals surface area contributed by atoms with Crippen molar-refractivity contribution in [3.05, 3.63) is 53.8 Å². The van der Waals surface area contributed by atoms with Crippen LogP contribution in [0.25, 0.3) is 0 Å². The molecular formula is C16H17FN2OS. The first-order chi connectivity index (χ1) is 10.1. The Hall–Kier alpha value is -2.14. The minimum Gasteiger partial charge on any atom is -0.497 e. The van der Waals surface area contributed by atoms with Gasteiger partial charge in [0.05, 0.1) is 12.8 Å². The van der Waals surface area contributed by atoms with Gasteiger partial charge in [0.25, 0.3) is 0 Å². The lowest BCUT2D eigenvalue weighted by molar-refractivity contribution is 0.415. The summed E-state index contributed by atoms with van der Waals surface area (Å²) in [5.41, 5.74) is 8.27. The second-order valence-electron chi connectivity index (χ2n) is 4.47. The van der Waals surface area contributed by atoms with E-state index in [9.17, 15) is 4.39 Å². The van der Waals surface area contributed by atoms with Gasteiger partial charge in [0.15, 0.2) is 0 Å². The molecule has 5 heteroatoms. The van der Waals surface area contributed by atoms with Crippen molar-refractivity contribution in [3.8, 4) is 5.75 Å². The molecule has 0 atom stereocenters. The molecule has 0 heterocycles. The van der Waals surface area contributed by atoms with Crippen molar-refractivity contribution in [3.63, 3.8) is 0 Å². The van der Waals surface area contributed by atoms with E-state index in [2.05, 4.69) is 0 Å². The minimum absolute atomic E-state index is 0.269. The van der Waals surface area contributed by atoms with Crippen molar-refractivity contribution >= 4 is 28.6 Å². The third kappa shape index (κ3) is 3.31. The number of nitrogens with zero attached hydrogens (tertiary/aromatic N) is 1. The van der Waals surface area contributed by atoms with Crippen LogP contribution in [-0.4, -0.2) is 18.6 Å². The average molecular weight is 304 g/mol. The van der Waals surface area contributed by atoms with Crippen LogP contribution < -0.4 is 15.4 Å². The summed E-state index contributed by atoms with van der Waals surface area (Å²) in [6.45, 7) is 2.70. The van der Waals surface area contributed by atoms with Crippen LogP contribution in [0.15, 0.2) is 42.5 Å². The van der Waals surface area contributed by atoms with E-state index < -0.39 is 0 Å². The SMILES string of the molecule is CCN(c1ccc(F)cc1)c1cc(OC)ccc1C(N)=S. The Balaban J connectivity index is 2.54. The number of anilines is 2. The van der Waals surface area contributed by atoms with Gasteiger partial charge in [-0.3, -0.25) is 0 Å².